The minimum absolute atomic E-state index is 0.196. The van der Waals surface area contributed by atoms with E-state index in [1.807, 2.05) is 18.9 Å². The molecule has 19 heavy (non-hydrogen) atoms. The first-order valence-electron chi connectivity index (χ1n) is 7.01. The van der Waals surface area contributed by atoms with Crippen molar-refractivity contribution in [2.45, 2.75) is 45.6 Å². The van der Waals surface area contributed by atoms with Gasteiger partial charge in [-0.1, -0.05) is 44.2 Å². The van der Waals surface area contributed by atoms with Gasteiger partial charge in [-0.15, -0.1) is 0 Å². The van der Waals surface area contributed by atoms with Gasteiger partial charge in [-0.3, -0.25) is 0 Å². The number of hydrogen-bond acceptors (Lipinski definition) is 2. The fourth-order valence-electron chi connectivity index (χ4n) is 1.77. The molecule has 1 aromatic rings. The normalized spacial score (nSPS) is 13.7. The summed E-state index contributed by atoms with van der Waals surface area (Å²) < 4.78 is 5.66. The average molecular weight is 279 g/mol. The first kappa shape index (κ1) is 16.0. The summed E-state index contributed by atoms with van der Waals surface area (Å²) in [6, 6.07) is 10.6. The van der Waals surface area contributed by atoms with E-state index in [9.17, 15) is 0 Å². The third-order valence-corrected chi connectivity index (χ3v) is 3.86. The van der Waals surface area contributed by atoms with Crippen molar-refractivity contribution < 1.29 is 4.74 Å². The summed E-state index contributed by atoms with van der Waals surface area (Å²) in [5.41, 5.74) is 1.38. The number of nitrogens with zero attached hydrogens (tertiary/aromatic N) is 1. The maximum absolute atomic E-state index is 5.66. The Kier molecular flexibility index (Phi) is 6.85. The Morgan fingerprint density at radius 3 is 2.47 bits per heavy atom. The predicted molar refractivity (Wildman–Crippen MR) is 85.5 cm³/mol. The average Bonchev–Trinajstić information content (AvgIpc) is 2.44. The molecule has 0 radical (unpaired) electrons. The molecule has 0 amide bonds. The lowest BCUT2D eigenvalue weighted by molar-refractivity contribution is 0.174. The van der Waals surface area contributed by atoms with E-state index in [-0.39, 0.29) is 6.10 Å². The Morgan fingerprint density at radius 2 is 1.89 bits per heavy atom. The molecule has 106 valence electrons. The van der Waals surface area contributed by atoms with E-state index >= 15 is 0 Å². The van der Waals surface area contributed by atoms with Gasteiger partial charge in [-0.05, 0) is 43.5 Å². The van der Waals surface area contributed by atoms with Crippen molar-refractivity contribution >= 4 is 17.4 Å². The van der Waals surface area contributed by atoms with Crippen LogP contribution in [0.3, 0.4) is 0 Å². The fraction of sp³-hybridized carbons (Fsp3) is 0.562. The molecule has 2 nitrogen and oxygen atoms in total. The second-order valence-corrected chi connectivity index (χ2v) is 5.47. The molecular formula is C16H25NOS. The van der Waals surface area contributed by atoms with Gasteiger partial charge < -0.3 is 9.64 Å². The maximum Gasteiger partial charge on any atom is 0.259 e. The van der Waals surface area contributed by atoms with Crippen LogP contribution in [0.1, 0.15) is 45.1 Å². The van der Waals surface area contributed by atoms with Gasteiger partial charge in [0, 0.05) is 13.6 Å². The van der Waals surface area contributed by atoms with Crippen LogP contribution in [0.2, 0.25) is 0 Å². The van der Waals surface area contributed by atoms with E-state index < -0.39 is 0 Å². The van der Waals surface area contributed by atoms with E-state index in [1.165, 1.54) is 5.56 Å². The zero-order chi connectivity index (χ0) is 14.3. The largest absolute Gasteiger partial charge is 0.468 e. The summed E-state index contributed by atoms with van der Waals surface area (Å²) in [5, 5.41) is 0.606. The van der Waals surface area contributed by atoms with Crippen molar-refractivity contribution in [1.29, 1.82) is 0 Å². The zero-order valence-corrected chi connectivity index (χ0v) is 13.2. The lowest BCUT2D eigenvalue weighted by atomic mass is 9.98. The molecule has 0 spiro atoms. The third kappa shape index (κ3) is 5.60. The summed E-state index contributed by atoms with van der Waals surface area (Å²) >= 11 is 5.29. The highest BCUT2D eigenvalue weighted by Gasteiger charge is 2.11. The number of benzene rings is 1. The van der Waals surface area contributed by atoms with Crippen molar-refractivity contribution in [3.63, 3.8) is 0 Å². The summed E-state index contributed by atoms with van der Waals surface area (Å²) in [5.74, 6) is 0.537. The Labute approximate surface area is 122 Å². The lowest BCUT2D eigenvalue weighted by Gasteiger charge is -2.24. The van der Waals surface area contributed by atoms with Crippen LogP contribution in [0.5, 0.6) is 0 Å². The van der Waals surface area contributed by atoms with Crippen molar-refractivity contribution in [1.82, 2.24) is 4.90 Å². The molecular weight excluding hydrogens is 254 g/mol. The van der Waals surface area contributed by atoms with Gasteiger partial charge in [-0.25, -0.2) is 0 Å². The number of hydrogen-bond donors (Lipinski definition) is 0. The quantitative estimate of drug-likeness (QED) is 0.724. The van der Waals surface area contributed by atoms with Crippen molar-refractivity contribution in [3.8, 4) is 0 Å². The molecule has 1 aromatic carbocycles. The van der Waals surface area contributed by atoms with Crippen LogP contribution in [0.25, 0.3) is 0 Å². The van der Waals surface area contributed by atoms with Crippen LogP contribution >= 0.6 is 12.2 Å². The molecule has 1 rings (SSSR count). The minimum Gasteiger partial charge on any atom is -0.468 e. The molecule has 2 unspecified atom stereocenters. The fourth-order valence-corrected chi connectivity index (χ4v) is 2.03. The summed E-state index contributed by atoms with van der Waals surface area (Å²) in [7, 11) is 2.00. The van der Waals surface area contributed by atoms with Crippen molar-refractivity contribution in [2.24, 2.45) is 0 Å². The molecule has 0 saturated heterocycles. The molecule has 0 heterocycles. The molecule has 3 heteroatoms. The van der Waals surface area contributed by atoms with Crippen LogP contribution in [-0.4, -0.2) is 29.8 Å². The van der Waals surface area contributed by atoms with E-state index in [1.54, 1.807) is 0 Å². The van der Waals surface area contributed by atoms with Gasteiger partial charge >= 0.3 is 0 Å². The molecule has 0 aliphatic carbocycles. The van der Waals surface area contributed by atoms with Crippen LogP contribution in [0.4, 0.5) is 0 Å². The predicted octanol–water partition coefficient (Wildman–Crippen LogP) is 4.21. The Balaban J connectivity index is 2.37. The monoisotopic (exact) mass is 279 g/mol. The van der Waals surface area contributed by atoms with E-state index in [2.05, 4.69) is 44.2 Å². The van der Waals surface area contributed by atoms with E-state index in [4.69, 9.17) is 17.0 Å². The second kappa shape index (κ2) is 8.16. The van der Waals surface area contributed by atoms with Crippen LogP contribution < -0.4 is 0 Å². The number of rotatable bonds is 6. The first-order chi connectivity index (χ1) is 9.04. The Hall–Kier alpha value is -1.09. The van der Waals surface area contributed by atoms with Gasteiger partial charge in [0.25, 0.3) is 5.17 Å². The Bertz CT molecular complexity index is 380. The molecule has 0 fully saturated rings. The number of ether oxygens (including phenoxy) is 1. The van der Waals surface area contributed by atoms with E-state index in [0.29, 0.717) is 11.1 Å². The smallest absolute Gasteiger partial charge is 0.259 e. The van der Waals surface area contributed by atoms with Gasteiger partial charge in [0.1, 0.15) is 0 Å². The third-order valence-electron chi connectivity index (χ3n) is 3.45. The van der Waals surface area contributed by atoms with Crippen molar-refractivity contribution in [3.05, 3.63) is 35.9 Å². The molecule has 0 aliphatic rings. The van der Waals surface area contributed by atoms with Crippen LogP contribution in [0, 0.1) is 0 Å². The molecule has 0 aliphatic heterocycles. The first-order valence-corrected chi connectivity index (χ1v) is 7.42. The SMILES string of the molecule is CCC(C)OC(=S)N(C)CCC(C)c1ccccc1. The highest BCUT2D eigenvalue weighted by Crippen LogP contribution is 2.18. The minimum atomic E-state index is 0.196. The lowest BCUT2D eigenvalue weighted by Crippen LogP contribution is -2.31. The van der Waals surface area contributed by atoms with Crippen LogP contribution in [0.15, 0.2) is 30.3 Å². The van der Waals surface area contributed by atoms with E-state index in [0.717, 1.165) is 19.4 Å². The van der Waals surface area contributed by atoms with Gasteiger partial charge in [0.2, 0.25) is 0 Å². The zero-order valence-electron chi connectivity index (χ0n) is 12.4. The standard InChI is InChI=1S/C16H25NOS/c1-5-14(3)18-16(19)17(4)12-11-13(2)15-9-7-6-8-10-15/h6-10,13-14H,5,11-12H2,1-4H3. The molecule has 0 saturated carbocycles. The maximum atomic E-state index is 5.66. The van der Waals surface area contributed by atoms with Crippen molar-refractivity contribution in [2.75, 3.05) is 13.6 Å². The Morgan fingerprint density at radius 1 is 1.26 bits per heavy atom. The number of thiocarbonyl (C=S) groups is 1. The summed E-state index contributed by atoms with van der Waals surface area (Å²) in [6.07, 6.45) is 2.25. The summed E-state index contributed by atoms with van der Waals surface area (Å²) in [4.78, 5) is 2.03. The van der Waals surface area contributed by atoms with Gasteiger partial charge in [-0.2, -0.15) is 0 Å². The molecule has 0 N–H and O–H groups in total. The highest BCUT2D eigenvalue weighted by molar-refractivity contribution is 7.80. The second-order valence-electron chi connectivity index (χ2n) is 5.12. The van der Waals surface area contributed by atoms with Gasteiger partial charge in [0.15, 0.2) is 0 Å². The summed E-state index contributed by atoms with van der Waals surface area (Å²) in [6.45, 7) is 7.32. The molecule has 0 bridgehead atoms. The molecule has 2 atom stereocenters. The topological polar surface area (TPSA) is 12.5 Å². The molecule has 0 aromatic heterocycles. The van der Waals surface area contributed by atoms with Crippen LogP contribution in [-0.2, 0) is 4.74 Å². The highest BCUT2D eigenvalue weighted by atomic mass is 32.1. The van der Waals surface area contributed by atoms with Gasteiger partial charge in [0.05, 0.1) is 6.10 Å².